The number of nitrogens with zero attached hydrogens (tertiary/aromatic N) is 10. The topological polar surface area (TPSA) is 159 Å². The molecule has 2 aliphatic rings. The van der Waals surface area contributed by atoms with Gasteiger partial charge in [0.25, 0.3) is 5.91 Å². The van der Waals surface area contributed by atoms with E-state index in [-0.39, 0.29) is 46.8 Å². The third-order valence-corrected chi connectivity index (χ3v) is 12.7. The van der Waals surface area contributed by atoms with Crippen molar-refractivity contribution in [1.82, 2.24) is 43.0 Å². The van der Waals surface area contributed by atoms with E-state index in [2.05, 4.69) is 15.2 Å². The summed E-state index contributed by atoms with van der Waals surface area (Å²) in [4.78, 5) is 34.9. The summed E-state index contributed by atoms with van der Waals surface area (Å²) in [6.07, 6.45) is 5.12. The van der Waals surface area contributed by atoms with Crippen molar-refractivity contribution in [3.8, 4) is 28.3 Å². The molecule has 0 spiro atoms. The number of pyridine rings is 2. The van der Waals surface area contributed by atoms with Crippen LogP contribution in [0.25, 0.3) is 44.7 Å². The molecular formula is C45H38F5N11O3. The van der Waals surface area contributed by atoms with E-state index < -0.39 is 46.6 Å². The van der Waals surface area contributed by atoms with Gasteiger partial charge in [0, 0.05) is 62.1 Å². The molecule has 6 aromatic heterocycles. The molecule has 1 aliphatic carbocycles. The second kappa shape index (κ2) is 14.2. The number of fused-ring (bicyclic) bond motifs is 3. The molecule has 1 saturated carbocycles. The van der Waals surface area contributed by atoms with Gasteiger partial charge in [0.2, 0.25) is 0 Å². The van der Waals surface area contributed by atoms with Gasteiger partial charge in [-0.2, -0.15) is 23.4 Å². The first-order chi connectivity index (χ1) is 30.5. The molecule has 1 fully saturated rings. The molecule has 3 N–H and O–H groups in total. The first kappa shape index (κ1) is 40.5. The number of imidazole rings is 1. The number of hydrogen-bond acceptors (Lipinski definition) is 7. The average molecular weight is 876 g/mol. The molecule has 64 heavy (non-hydrogen) atoms. The van der Waals surface area contributed by atoms with E-state index in [4.69, 9.17) is 10.8 Å². The maximum atomic E-state index is 16.1. The minimum atomic E-state index is -4.66. The SMILES string of the molecule is Cc1cc(-n2nc3c(c2-n2ccn(-c4ccc5c(cnn5C)c4F)c2=O)[C@H](C)N(C(=O)c2cn4cc(-c5ccnc(C(F)(F)F)c5)ccc4c2C2(/C(N)=N/O)CC2)CC3)cc(C)c1F. The number of oxime groups is 1. The highest BCUT2D eigenvalue weighted by Crippen LogP contribution is 2.52. The first-order valence-corrected chi connectivity index (χ1v) is 20.3. The first-order valence-electron chi connectivity index (χ1n) is 20.3. The van der Waals surface area contributed by atoms with Crippen molar-refractivity contribution >= 4 is 28.2 Å². The third-order valence-electron chi connectivity index (χ3n) is 12.7. The largest absolute Gasteiger partial charge is 0.433 e. The Labute approximate surface area is 359 Å². The van der Waals surface area contributed by atoms with Gasteiger partial charge in [-0.15, -0.1) is 0 Å². The number of aryl methyl sites for hydroxylation is 3. The Morgan fingerprint density at radius 1 is 0.953 bits per heavy atom. The molecule has 7 heterocycles. The summed E-state index contributed by atoms with van der Waals surface area (Å²) >= 11 is 0. The molecule has 0 saturated heterocycles. The third kappa shape index (κ3) is 6.04. The summed E-state index contributed by atoms with van der Waals surface area (Å²) in [6, 6.07) is 11.4. The van der Waals surface area contributed by atoms with Gasteiger partial charge in [0.05, 0.1) is 56.7 Å². The number of benzene rings is 2. The Hall–Kier alpha value is -7.57. The van der Waals surface area contributed by atoms with E-state index in [0.717, 1.165) is 12.3 Å². The van der Waals surface area contributed by atoms with Crippen molar-refractivity contribution in [1.29, 1.82) is 0 Å². The van der Waals surface area contributed by atoms with Crippen LogP contribution in [0.1, 0.15) is 69.8 Å². The maximum absolute atomic E-state index is 16.1. The molecular weight excluding hydrogens is 838 g/mol. The highest BCUT2D eigenvalue weighted by atomic mass is 19.4. The lowest BCUT2D eigenvalue weighted by atomic mass is 9.90. The number of halogens is 5. The van der Waals surface area contributed by atoms with Crippen LogP contribution in [0.4, 0.5) is 22.0 Å². The molecule has 0 unspecified atom stereocenters. The Balaban J connectivity index is 1.12. The number of hydrogen-bond donors (Lipinski definition) is 2. The van der Waals surface area contributed by atoms with Gasteiger partial charge in [-0.1, -0.05) is 11.2 Å². The van der Waals surface area contributed by atoms with Gasteiger partial charge in [-0.25, -0.2) is 18.3 Å². The fraction of sp³-hybridized carbons (Fsp3) is 0.244. The van der Waals surface area contributed by atoms with E-state index in [9.17, 15) is 23.2 Å². The fourth-order valence-electron chi connectivity index (χ4n) is 9.27. The van der Waals surface area contributed by atoms with E-state index in [1.54, 1.807) is 84.5 Å². The van der Waals surface area contributed by atoms with Gasteiger partial charge in [0.1, 0.15) is 23.2 Å². The molecule has 1 amide bonds. The van der Waals surface area contributed by atoms with Crippen LogP contribution >= 0.6 is 0 Å². The smallest absolute Gasteiger partial charge is 0.409 e. The Bertz CT molecular complexity index is 3330. The highest BCUT2D eigenvalue weighted by molar-refractivity contribution is 6.05. The Morgan fingerprint density at radius 3 is 2.38 bits per heavy atom. The van der Waals surface area contributed by atoms with Crippen molar-refractivity contribution in [3.05, 3.63) is 147 Å². The summed E-state index contributed by atoms with van der Waals surface area (Å²) in [5.74, 6) is -1.30. The van der Waals surface area contributed by atoms with Crippen molar-refractivity contribution in [3.63, 3.8) is 0 Å². The maximum Gasteiger partial charge on any atom is 0.433 e. The van der Waals surface area contributed by atoms with Gasteiger partial charge in [0.15, 0.2) is 5.82 Å². The predicted molar refractivity (Wildman–Crippen MR) is 225 cm³/mol. The van der Waals surface area contributed by atoms with Crippen LogP contribution in [0, 0.1) is 25.5 Å². The van der Waals surface area contributed by atoms with Crippen LogP contribution in [0.2, 0.25) is 0 Å². The van der Waals surface area contributed by atoms with E-state index >= 15 is 13.6 Å². The second-order valence-corrected chi connectivity index (χ2v) is 16.5. The van der Waals surface area contributed by atoms with Crippen molar-refractivity contribution < 1.29 is 32.0 Å². The quantitative estimate of drug-likeness (QED) is 0.0553. The minimum absolute atomic E-state index is 0.0108. The summed E-state index contributed by atoms with van der Waals surface area (Å²) in [7, 11) is 1.68. The fourth-order valence-corrected chi connectivity index (χ4v) is 9.27. The van der Waals surface area contributed by atoms with E-state index in [1.165, 1.54) is 44.5 Å². The molecule has 0 bridgehead atoms. The van der Waals surface area contributed by atoms with Crippen molar-refractivity contribution in [2.45, 2.75) is 57.7 Å². The number of aromatic nitrogens is 8. The van der Waals surface area contributed by atoms with Crippen LogP contribution in [0.5, 0.6) is 0 Å². The summed E-state index contributed by atoms with van der Waals surface area (Å²) in [6.45, 7) is 5.23. The molecule has 326 valence electrons. The monoisotopic (exact) mass is 875 g/mol. The zero-order valence-electron chi connectivity index (χ0n) is 34.7. The molecule has 0 radical (unpaired) electrons. The molecule has 10 rings (SSSR count). The number of rotatable bonds is 7. The summed E-state index contributed by atoms with van der Waals surface area (Å²) in [5, 5.41) is 22.6. The second-order valence-electron chi connectivity index (χ2n) is 16.5. The molecule has 2 aromatic carbocycles. The van der Waals surface area contributed by atoms with Crippen LogP contribution in [-0.4, -0.2) is 66.5 Å². The summed E-state index contributed by atoms with van der Waals surface area (Å²) in [5.41, 5.74) is 8.34. The molecule has 1 aliphatic heterocycles. The van der Waals surface area contributed by atoms with E-state index in [1.807, 2.05) is 0 Å². The van der Waals surface area contributed by atoms with Crippen LogP contribution in [0.15, 0.2) is 95.7 Å². The zero-order valence-corrected chi connectivity index (χ0v) is 34.7. The molecule has 19 heteroatoms. The molecule has 1 atom stereocenters. The van der Waals surface area contributed by atoms with Gasteiger partial charge < -0.3 is 20.2 Å². The lowest BCUT2D eigenvalue weighted by Gasteiger charge is -2.34. The van der Waals surface area contributed by atoms with Crippen molar-refractivity contribution in [2.75, 3.05) is 6.54 Å². The van der Waals surface area contributed by atoms with Gasteiger partial charge >= 0.3 is 11.9 Å². The standard InChI is InChI=1S/C45H38F5N11O3/c1-23-17-28(18-24(2)38(23)46)61-40(60-16-15-59(43(60)63)34-8-7-32-29(39(34)47)20-53-56(32)4)36-25(3)58(14-10-31(36)54-61)41(62)30-22-57-21-27(26-9-13-52-35(19-26)45(48,49)50)5-6-33(57)37(30)44(11-12-44)42(51)55-64/h5-9,13,15-22,25,64H,10-12,14H2,1-4H3,(H2,51,55)/t25-/m0/s1. The Kier molecular flexibility index (Phi) is 9.00. The lowest BCUT2D eigenvalue weighted by molar-refractivity contribution is -0.141. The minimum Gasteiger partial charge on any atom is -0.409 e. The summed E-state index contributed by atoms with van der Waals surface area (Å²) < 4.78 is 79.2. The van der Waals surface area contributed by atoms with Crippen LogP contribution in [0.3, 0.4) is 0 Å². The number of carbonyl (C=O) groups excluding carboxylic acids is 1. The zero-order chi connectivity index (χ0) is 45.1. The highest BCUT2D eigenvalue weighted by Gasteiger charge is 2.53. The van der Waals surface area contributed by atoms with Crippen LogP contribution < -0.4 is 11.4 Å². The molecule has 8 aromatic rings. The predicted octanol–water partition coefficient (Wildman–Crippen LogP) is 7.47. The van der Waals surface area contributed by atoms with E-state index in [0.29, 0.717) is 63.1 Å². The average Bonchev–Trinajstić information content (AvgIpc) is 3.50. The Morgan fingerprint density at radius 2 is 1.67 bits per heavy atom. The number of amides is 1. The number of carbonyl (C=O) groups is 1. The number of nitrogens with two attached hydrogens (primary N) is 1. The van der Waals surface area contributed by atoms with Gasteiger partial charge in [-0.3, -0.25) is 23.6 Å². The van der Waals surface area contributed by atoms with Crippen LogP contribution in [-0.2, 0) is 25.1 Å². The number of amidine groups is 1. The van der Waals surface area contributed by atoms with Crippen molar-refractivity contribution in [2.24, 2.45) is 17.9 Å². The lowest BCUT2D eigenvalue weighted by Crippen LogP contribution is -2.40. The molecule has 14 nitrogen and oxygen atoms in total. The van der Waals surface area contributed by atoms with Gasteiger partial charge in [-0.05, 0) is 98.3 Å². The normalized spacial score (nSPS) is 16.2. The number of alkyl halides is 3.